The molecule has 5 rings (SSSR count). The summed E-state index contributed by atoms with van der Waals surface area (Å²) in [6, 6.07) is 17.1. The second-order valence-electron chi connectivity index (χ2n) is 6.13. The van der Waals surface area contributed by atoms with Crippen LogP contribution in [0, 0.1) is 5.92 Å². The van der Waals surface area contributed by atoms with Crippen LogP contribution in [0.3, 0.4) is 0 Å². The van der Waals surface area contributed by atoms with Gasteiger partial charge in [0, 0.05) is 29.2 Å². The largest absolute Gasteiger partial charge is 0.467 e. The molecule has 0 spiro atoms. The van der Waals surface area contributed by atoms with Gasteiger partial charge in [-0.1, -0.05) is 36.4 Å². The van der Waals surface area contributed by atoms with E-state index in [1.165, 1.54) is 22.0 Å². The zero-order valence-corrected chi connectivity index (χ0v) is 12.2. The molecular weight excluding hydrogens is 274 g/mol. The molecule has 0 radical (unpaired) electrons. The third kappa shape index (κ3) is 1.66. The summed E-state index contributed by atoms with van der Waals surface area (Å²) < 4.78 is 11.8. The highest BCUT2D eigenvalue weighted by Crippen LogP contribution is 2.51. The maximum Gasteiger partial charge on any atom is 0.126 e. The molecule has 3 aromatic rings. The Balaban J connectivity index is 1.72. The summed E-state index contributed by atoms with van der Waals surface area (Å²) >= 11 is 0. The van der Waals surface area contributed by atoms with Gasteiger partial charge in [0.2, 0.25) is 0 Å². The number of nitrogens with one attached hydrogen (secondary N) is 1. The molecule has 3 heteroatoms. The Labute approximate surface area is 128 Å². The lowest BCUT2D eigenvalue weighted by Crippen LogP contribution is -2.29. The first-order chi connectivity index (χ1) is 10.9. The Bertz CT molecular complexity index is 825. The van der Waals surface area contributed by atoms with Gasteiger partial charge in [-0.25, -0.2) is 0 Å². The highest BCUT2D eigenvalue weighted by molar-refractivity contribution is 5.96. The molecule has 1 aromatic heterocycles. The van der Waals surface area contributed by atoms with E-state index in [9.17, 15) is 0 Å². The SMILES string of the molecule is c1coc([C@H]2Nc3c(ccc4ccccc34)[C@H]3OCC[C@H]23)c1. The molecule has 2 aromatic carbocycles. The van der Waals surface area contributed by atoms with Crippen molar-refractivity contribution < 1.29 is 9.15 Å². The lowest BCUT2D eigenvalue weighted by molar-refractivity contribution is 0.0810. The van der Waals surface area contributed by atoms with Crippen LogP contribution in [-0.2, 0) is 4.74 Å². The van der Waals surface area contributed by atoms with Crippen LogP contribution in [0.5, 0.6) is 0 Å². The van der Waals surface area contributed by atoms with E-state index in [0.29, 0.717) is 5.92 Å². The maximum absolute atomic E-state index is 6.08. The molecular formula is C19H17NO2. The zero-order chi connectivity index (χ0) is 14.5. The second kappa shape index (κ2) is 4.62. The summed E-state index contributed by atoms with van der Waals surface area (Å²) in [7, 11) is 0. The molecule has 1 saturated heterocycles. The standard InChI is InChI=1S/C19H17NO2/c1-2-5-13-12(4-1)7-8-14-17(13)20-18(16-6-3-10-21-16)15-9-11-22-19(14)15/h1-8,10,15,18-20H,9,11H2/t15-,18+,19-/m1/s1. The van der Waals surface area contributed by atoms with Crippen LogP contribution in [0.1, 0.15) is 29.9 Å². The predicted octanol–water partition coefficient (Wildman–Crippen LogP) is 4.68. The molecule has 3 heterocycles. The number of hydrogen-bond donors (Lipinski definition) is 1. The summed E-state index contributed by atoms with van der Waals surface area (Å²) in [6.07, 6.45) is 2.98. The number of fused-ring (bicyclic) bond motifs is 5. The van der Waals surface area contributed by atoms with Crippen LogP contribution in [0.4, 0.5) is 5.69 Å². The van der Waals surface area contributed by atoms with Crippen molar-refractivity contribution in [2.45, 2.75) is 18.6 Å². The lowest BCUT2D eigenvalue weighted by atomic mass is 9.82. The molecule has 22 heavy (non-hydrogen) atoms. The molecule has 0 unspecified atom stereocenters. The fourth-order valence-electron chi connectivity index (χ4n) is 3.97. The van der Waals surface area contributed by atoms with Gasteiger partial charge in [-0.15, -0.1) is 0 Å². The Morgan fingerprint density at radius 3 is 2.86 bits per heavy atom. The molecule has 110 valence electrons. The smallest absolute Gasteiger partial charge is 0.126 e. The number of furan rings is 1. The van der Waals surface area contributed by atoms with Crippen LogP contribution in [0.2, 0.25) is 0 Å². The van der Waals surface area contributed by atoms with Gasteiger partial charge in [0.05, 0.1) is 18.4 Å². The highest BCUT2D eigenvalue weighted by atomic mass is 16.5. The van der Waals surface area contributed by atoms with E-state index in [1.54, 1.807) is 6.26 Å². The number of ether oxygens (including phenoxy) is 1. The van der Waals surface area contributed by atoms with Crippen molar-refractivity contribution in [3.63, 3.8) is 0 Å². The van der Waals surface area contributed by atoms with E-state index in [1.807, 2.05) is 6.07 Å². The fraction of sp³-hybridized carbons (Fsp3) is 0.263. The summed E-state index contributed by atoms with van der Waals surface area (Å²) in [4.78, 5) is 0. The first-order valence-electron chi connectivity index (χ1n) is 7.85. The number of hydrogen-bond acceptors (Lipinski definition) is 3. The molecule has 1 N–H and O–H groups in total. The third-order valence-corrected chi connectivity index (χ3v) is 4.98. The zero-order valence-electron chi connectivity index (χ0n) is 12.2. The van der Waals surface area contributed by atoms with Crippen molar-refractivity contribution in [3.05, 3.63) is 66.1 Å². The van der Waals surface area contributed by atoms with Crippen molar-refractivity contribution in [2.24, 2.45) is 5.92 Å². The van der Waals surface area contributed by atoms with Gasteiger partial charge in [-0.05, 0) is 23.9 Å². The van der Waals surface area contributed by atoms with Crippen molar-refractivity contribution in [1.82, 2.24) is 0 Å². The van der Waals surface area contributed by atoms with Crippen molar-refractivity contribution >= 4 is 16.5 Å². The van der Waals surface area contributed by atoms with Crippen molar-refractivity contribution in [2.75, 3.05) is 11.9 Å². The molecule has 2 aliphatic heterocycles. The lowest BCUT2D eigenvalue weighted by Gasteiger charge is -2.35. The van der Waals surface area contributed by atoms with E-state index in [2.05, 4.69) is 47.8 Å². The molecule has 3 nitrogen and oxygen atoms in total. The number of benzene rings is 2. The van der Waals surface area contributed by atoms with E-state index < -0.39 is 0 Å². The first kappa shape index (κ1) is 12.3. The minimum absolute atomic E-state index is 0.163. The summed E-state index contributed by atoms with van der Waals surface area (Å²) in [5, 5.41) is 6.25. The Kier molecular flexibility index (Phi) is 2.58. The van der Waals surface area contributed by atoms with Crippen LogP contribution >= 0.6 is 0 Å². The van der Waals surface area contributed by atoms with E-state index >= 15 is 0 Å². The average molecular weight is 291 g/mol. The van der Waals surface area contributed by atoms with Gasteiger partial charge < -0.3 is 14.5 Å². The minimum Gasteiger partial charge on any atom is -0.467 e. The van der Waals surface area contributed by atoms with Gasteiger partial charge in [0.25, 0.3) is 0 Å². The summed E-state index contributed by atoms with van der Waals surface area (Å²) in [5.41, 5.74) is 2.48. The Morgan fingerprint density at radius 1 is 1.00 bits per heavy atom. The molecule has 0 amide bonds. The molecule has 0 aliphatic carbocycles. The monoisotopic (exact) mass is 291 g/mol. The van der Waals surface area contributed by atoms with E-state index in [0.717, 1.165) is 18.8 Å². The predicted molar refractivity (Wildman–Crippen MR) is 85.8 cm³/mol. The van der Waals surface area contributed by atoms with Crippen LogP contribution < -0.4 is 5.32 Å². The average Bonchev–Trinajstić information content (AvgIpc) is 3.25. The minimum atomic E-state index is 0.163. The highest BCUT2D eigenvalue weighted by Gasteiger charge is 2.42. The van der Waals surface area contributed by atoms with Gasteiger partial charge >= 0.3 is 0 Å². The Hall–Kier alpha value is -2.26. The fourth-order valence-corrected chi connectivity index (χ4v) is 3.97. The maximum atomic E-state index is 6.08. The van der Waals surface area contributed by atoms with Crippen LogP contribution in [-0.4, -0.2) is 6.61 Å². The number of anilines is 1. The van der Waals surface area contributed by atoms with Crippen LogP contribution in [0.15, 0.2) is 59.2 Å². The third-order valence-electron chi connectivity index (χ3n) is 4.98. The molecule has 3 atom stereocenters. The normalized spacial score (nSPS) is 26.5. The van der Waals surface area contributed by atoms with E-state index in [-0.39, 0.29) is 12.1 Å². The molecule has 0 bridgehead atoms. The molecule has 2 aliphatic rings. The van der Waals surface area contributed by atoms with E-state index in [4.69, 9.17) is 9.15 Å². The topological polar surface area (TPSA) is 34.4 Å². The van der Waals surface area contributed by atoms with Gasteiger partial charge in [0.1, 0.15) is 5.76 Å². The van der Waals surface area contributed by atoms with Gasteiger partial charge in [-0.2, -0.15) is 0 Å². The quantitative estimate of drug-likeness (QED) is 0.707. The van der Waals surface area contributed by atoms with Crippen LogP contribution in [0.25, 0.3) is 10.8 Å². The molecule has 1 fully saturated rings. The Morgan fingerprint density at radius 2 is 1.95 bits per heavy atom. The van der Waals surface area contributed by atoms with Gasteiger partial charge in [0.15, 0.2) is 0 Å². The second-order valence-corrected chi connectivity index (χ2v) is 6.13. The van der Waals surface area contributed by atoms with Crippen molar-refractivity contribution in [3.8, 4) is 0 Å². The summed E-state index contributed by atoms with van der Waals surface area (Å²) in [5.74, 6) is 1.43. The number of rotatable bonds is 1. The van der Waals surface area contributed by atoms with Crippen molar-refractivity contribution in [1.29, 1.82) is 0 Å². The first-order valence-corrected chi connectivity index (χ1v) is 7.85. The summed E-state index contributed by atoms with van der Waals surface area (Å²) in [6.45, 7) is 0.820. The van der Waals surface area contributed by atoms with Gasteiger partial charge in [-0.3, -0.25) is 0 Å². The molecule has 0 saturated carbocycles.